The lowest BCUT2D eigenvalue weighted by molar-refractivity contribution is -0.145. The van der Waals surface area contributed by atoms with Gasteiger partial charge in [-0.3, -0.25) is 4.79 Å². The highest BCUT2D eigenvalue weighted by atomic mass is 79.9. The van der Waals surface area contributed by atoms with E-state index in [-0.39, 0.29) is 0 Å². The Kier molecular flexibility index (Phi) is 3.47. The largest absolute Gasteiger partial charge is 0.479 e. The van der Waals surface area contributed by atoms with Crippen LogP contribution in [-0.4, -0.2) is 17.5 Å². The summed E-state index contributed by atoms with van der Waals surface area (Å²) >= 11 is 3.25. The molecule has 0 bridgehead atoms. The number of nitrogens with one attached hydrogen (secondary N) is 1. The Balaban J connectivity index is 3.14. The molecule has 0 spiro atoms. The SMILES string of the molecule is CC(NC=O)(C(=O)O)c1ccc(Br)cc1. The van der Waals surface area contributed by atoms with Gasteiger partial charge in [0.05, 0.1) is 0 Å². The lowest BCUT2D eigenvalue weighted by atomic mass is 9.92. The first-order valence-electron chi connectivity index (χ1n) is 4.21. The number of amides is 1. The molecule has 0 saturated heterocycles. The minimum atomic E-state index is -1.39. The van der Waals surface area contributed by atoms with Gasteiger partial charge in [0.15, 0.2) is 5.54 Å². The van der Waals surface area contributed by atoms with E-state index in [2.05, 4.69) is 21.2 Å². The number of aliphatic carboxylic acids is 1. The molecule has 1 atom stereocenters. The summed E-state index contributed by atoms with van der Waals surface area (Å²) in [4.78, 5) is 21.4. The molecule has 1 aromatic rings. The van der Waals surface area contributed by atoms with Crippen LogP contribution in [0, 0.1) is 0 Å². The summed E-state index contributed by atoms with van der Waals surface area (Å²) < 4.78 is 0.852. The van der Waals surface area contributed by atoms with E-state index in [4.69, 9.17) is 5.11 Å². The normalized spacial score (nSPS) is 14.0. The number of carboxylic acid groups (broad SMARTS) is 1. The van der Waals surface area contributed by atoms with Crippen molar-refractivity contribution in [2.24, 2.45) is 0 Å². The summed E-state index contributed by atoms with van der Waals surface area (Å²) in [6, 6.07) is 6.75. The molecule has 5 heteroatoms. The van der Waals surface area contributed by atoms with E-state index in [9.17, 15) is 9.59 Å². The van der Waals surface area contributed by atoms with Crippen molar-refractivity contribution in [2.45, 2.75) is 12.5 Å². The van der Waals surface area contributed by atoms with Gasteiger partial charge in [-0.1, -0.05) is 28.1 Å². The van der Waals surface area contributed by atoms with Crippen molar-refractivity contribution in [1.82, 2.24) is 5.32 Å². The predicted molar refractivity (Wildman–Crippen MR) is 58.3 cm³/mol. The molecule has 1 amide bonds. The Morgan fingerprint density at radius 1 is 1.47 bits per heavy atom. The van der Waals surface area contributed by atoms with Gasteiger partial charge in [-0.2, -0.15) is 0 Å². The molecular formula is C10H10BrNO3. The summed E-state index contributed by atoms with van der Waals surface area (Å²) in [5, 5.41) is 11.4. The van der Waals surface area contributed by atoms with Crippen molar-refractivity contribution in [3.05, 3.63) is 34.3 Å². The van der Waals surface area contributed by atoms with E-state index in [0.717, 1.165) is 4.47 Å². The number of carbonyl (C=O) groups excluding carboxylic acids is 1. The van der Waals surface area contributed by atoms with Gasteiger partial charge < -0.3 is 10.4 Å². The second-order valence-corrected chi connectivity index (χ2v) is 4.11. The highest BCUT2D eigenvalue weighted by molar-refractivity contribution is 9.10. The maximum atomic E-state index is 11.1. The van der Waals surface area contributed by atoms with Gasteiger partial charge in [-0.05, 0) is 24.6 Å². The van der Waals surface area contributed by atoms with E-state index >= 15 is 0 Å². The van der Waals surface area contributed by atoms with Crippen LogP contribution in [0.5, 0.6) is 0 Å². The Morgan fingerprint density at radius 2 is 2.00 bits per heavy atom. The second kappa shape index (κ2) is 4.44. The van der Waals surface area contributed by atoms with Crippen molar-refractivity contribution < 1.29 is 14.7 Å². The average molecular weight is 272 g/mol. The quantitative estimate of drug-likeness (QED) is 0.816. The summed E-state index contributed by atoms with van der Waals surface area (Å²) in [5.74, 6) is -1.10. The number of hydrogen-bond acceptors (Lipinski definition) is 2. The number of benzene rings is 1. The maximum Gasteiger partial charge on any atom is 0.333 e. The Labute approximate surface area is 95.4 Å². The van der Waals surface area contributed by atoms with Gasteiger partial charge in [0.25, 0.3) is 0 Å². The Bertz CT molecular complexity index is 377. The van der Waals surface area contributed by atoms with Gasteiger partial charge in [0, 0.05) is 4.47 Å². The van der Waals surface area contributed by atoms with E-state index in [1.54, 1.807) is 24.3 Å². The summed E-state index contributed by atoms with van der Waals surface area (Å²) in [7, 11) is 0. The van der Waals surface area contributed by atoms with E-state index < -0.39 is 11.5 Å². The van der Waals surface area contributed by atoms with Crippen LogP contribution in [0.4, 0.5) is 0 Å². The Morgan fingerprint density at radius 3 is 2.40 bits per heavy atom. The second-order valence-electron chi connectivity index (χ2n) is 3.20. The molecule has 80 valence electrons. The molecule has 0 fully saturated rings. The van der Waals surface area contributed by atoms with Crippen molar-refractivity contribution in [3.8, 4) is 0 Å². The molecule has 0 radical (unpaired) electrons. The average Bonchev–Trinajstić information content (AvgIpc) is 2.18. The Hall–Kier alpha value is -1.36. The molecule has 0 aliphatic heterocycles. The highest BCUT2D eigenvalue weighted by Crippen LogP contribution is 2.22. The topological polar surface area (TPSA) is 66.4 Å². The molecule has 1 unspecified atom stereocenters. The minimum Gasteiger partial charge on any atom is -0.479 e. The first-order chi connectivity index (χ1) is 7.00. The molecule has 0 aromatic heterocycles. The van der Waals surface area contributed by atoms with Crippen molar-refractivity contribution >= 4 is 28.3 Å². The third-order valence-electron chi connectivity index (χ3n) is 2.20. The van der Waals surface area contributed by atoms with Crippen LogP contribution < -0.4 is 5.32 Å². The fraction of sp³-hybridized carbons (Fsp3) is 0.200. The van der Waals surface area contributed by atoms with Crippen LogP contribution in [0.1, 0.15) is 12.5 Å². The first kappa shape index (κ1) is 11.7. The number of hydrogen-bond donors (Lipinski definition) is 2. The molecule has 0 saturated carbocycles. The molecule has 4 nitrogen and oxygen atoms in total. The summed E-state index contributed by atoms with van der Waals surface area (Å²) in [6.07, 6.45) is 0.385. The third kappa shape index (κ3) is 2.36. The van der Waals surface area contributed by atoms with Gasteiger partial charge in [-0.25, -0.2) is 4.79 Å². The first-order valence-corrected chi connectivity index (χ1v) is 5.01. The monoisotopic (exact) mass is 271 g/mol. The summed E-state index contributed by atoms with van der Waals surface area (Å²) in [6.45, 7) is 1.44. The predicted octanol–water partition coefficient (Wildman–Crippen LogP) is 1.49. The summed E-state index contributed by atoms with van der Waals surface area (Å²) in [5.41, 5.74) is -0.868. The zero-order chi connectivity index (χ0) is 11.5. The van der Waals surface area contributed by atoms with E-state index in [1.165, 1.54) is 6.92 Å². The number of rotatable bonds is 4. The molecule has 0 aliphatic carbocycles. The van der Waals surface area contributed by atoms with Crippen molar-refractivity contribution in [3.63, 3.8) is 0 Å². The van der Waals surface area contributed by atoms with Gasteiger partial charge in [0.2, 0.25) is 6.41 Å². The highest BCUT2D eigenvalue weighted by Gasteiger charge is 2.34. The molecule has 1 aromatic carbocycles. The molecule has 0 heterocycles. The van der Waals surface area contributed by atoms with E-state index in [0.29, 0.717) is 12.0 Å². The standard InChI is InChI=1S/C10H10BrNO3/c1-10(9(14)15,12-6-13)7-2-4-8(11)5-3-7/h2-6H,1H3,(H,12,13)(H,14,15). The molecule has 15 heavy (non-hydrogen) atoms. The number of carboxylic acids is 1. The van der Waals surface area contributed by atoms with Gasteiger partial charge in [0.1, 0.15) is 0 Å². The lowest BCUT2D eigenvalue weighted by Gasteiger charge is -2.24. The number of carbonyl (C=O) groups is 2. The molecular weight excluding hydrogens is 262 g/mol. The van der Waals surface area contributed by atoms with Crippen LogP contribution in [-0.2, 0) is 15.1 Å². The third-order valence-corrected chi connectivity index (χ3v) is 2.73. The molecule has 2 N–H and O–H groups in total. The zero-order valence-electron chi connectivity index (χ0n) is 8.03. The smallest absolute Gasteiger partial charge is 0.333 e. The van der Waals surface area contributed by atoms with E-state index in [1.807, 2.05) is 0 Å². The van der Waals surface area contributed by atoms with Crippen LogP contribution in [0.25, 0.3) is 0 Å². The van der Waals surface area contributed by atoms with Crippen molar-refractivity contribution in [1.29, 1.82) is 0 Å². The van der Waals surface area contributed by atoms with Crippen LogP contribution in [0.15, 0.2) is 28.7 Å². The van der Waals surface area contributed by atoms with Gasteiger partial charge >= 0.3 is 5.97 Å². The van der Waals surface area contributed by atoms with Crippen molar-refractivity contribution in [2.75, 3.05) is 0 Å². The maximum absolute atomic E-state index is 11.1. The molecule has 1 rings (SSSR count). The zero-order valence-corrected chi connectivity index (χ0v) is 9.61. The fourth-order valence-electron chi connectivity index (χ4n) is 1.17. The number of halogens is 1. The lowest BCUT2D eigenvalue weighted by Crippen LogP contribution is -2.45. The fourth-order valence-corrected chi connectivity index (χ4v) is 1.43. The van der Waals surface area contributed by atoms with Gasteiger partial charge in [-0.15, -0.1) is 0 Å². The van der Waals surface area contributed by atoms with Crippen LogP contribution >= 0.6 is 15.9 Å². The molecule has 0 aliphatic rings. The minimum absolute atomic E-state index is 0.385. The van der Waals surface area contributed by atoms with Crippen LogP contribution in [0.2, 0.25) is 0 Å². The van der Waals surface area contributed by atoms with Crippen LogP contribution in [0.3, 0.4) is 0 Å².